The highest BCUT2D eigenvalue weighted by Gasteiger charge is 2.19. The summed E-state index contributed by atoms with van der Waals surface area (Å²) in [6.45, 7) is 5.01. The van der Waals surface area contributed by atoms with E-state index in [1.54, 1.807) is 0 Å². The van der Waals surface area contributed by atoms with Gasteiger partial charge in [-0.05, 0) is 18.9 Å². The summed E-state index contributed by atoms with van der Waals surface area (Å²) in [4.78, 5) is 0. The van der Waals surface area contributed by atoms with Crippen molar-refractivity contribution in [1.29, 1.82) is 0 Å². The molecule has 0 amide bonds. The summed E-state index contributed by atoms with van der Waals surface area (Å²) in [6.07, 6.45) is 10.4. The minimum absolute atomic E-state index is 0.0382. The average molecular weight is 291 g/mol. The van der Waals surface area contributed by atoms with Gasteiger partial charge < -0.3 is 10.5 Å². The fourth-order valence-electron chi connectivity index (χ4n) is 2.78. The van der Waals surface area contributed by atoms with Gasteiger partial charge in [0.25, 0.3) is 0 Å². The first-order valence-electron chi connectivity index (χ1n) is 8.71. The highest BCUT2D eigenvalue weighted by molar-refractivity contribution is 5.19. The molecule has 2 heteroatoms. The number of benzene rings is 1. The van der Waals surface area contributed by atoms with Crippen LogP contribution >= 0.6 is 0 Å². The van der Waals surface area contributed by atoms with Crippen LogP contribution in [0.4, 0.5) is 0 Å². The van der Waals surface area contributed by atoms with Gasteiger partial charge in [0.1, 0.15) is 0 Å². The number of hydrogen-bond donors (Lipinski definition) is 1. The molecule has 0 fully saturated rings. The van der Waals surface area contributed by atoms with E-state index in [1.165, 1.54) is 50.5 Å². The van der Waals surface area contributed by atoms with Crippen LogP contribution < -0.4 is 5.73 Å². The van der Waals surface area contributed by atoms with Crippen LogP contribution in [0.1, 0.15) is 76.9 Å². The molecule has 0 saturated carbocycles. The smallest absolute Gasteiger partial charge is 0.0975 e. The van der Waals surface area contributed by atoms with Crippen molar-refractivity contribution in [3.8, 4) is 0 Å². The van der Waals surface area contributed by atoms with Crippen molar-refractivity contribution in [2.45, 2.75) is 77.4 Å². The van der Waals surface area contributed by atoms with Crippen LogP contribution in [-0.2, 0) is 4.74 Å². The molecule has 1 aromatic rings. The lowest BCUT2D eigenvalue weighted by Gasteiger charge is -2.24. The third kappa shape index (κ3) is 7.63. The van der Waals surface area contributed by atoms with Crippen LogP contribution in [-0.4, -0.2) is 12.6 Å². The molecule has 21 heavy (non-hydrogen) atoms. The first-order valence-corrected chi connectivity index (χ1v) is 8.71. The van der Waals surface area contributed by atoms with Gasteiger partial charge in [-0.2, -0.15) is 0 Å². The Bertz CT molecular complexity index is 339. The Balaban J connectivity index is 2.28. The van der Waals surface area contributed by atoms with E-state index in [1.807, 2.05) is 13.0 Å². The summed E-state index contributed by atoms with van der Waals surface area (Å²) in [5.74, 6) is 0. The molecule has 0 aliphatic rings. The van der Waals surface area contributed by atoms with E-state index in [2.05, 4.69) is 31.2 Å². The van der Waals surface area contributed by atoms with Crippen molar-refractivity contribution in [3.05, 3.63) is 35.9 Å². The SMILES string of the molecule is CCCCCCCCCC(N)C(OCC)c1ccccc1. The van der Waals surface area contributed by atoms with Crippen molar-refractivity contribution in [2.75, 3.05) is 6.61 Å². The molecule has 0 saturated heterocycles. The maximum Gasteiger partial charge on any atom is 0.0975 e. The predicted octanol–water partition coefficient (Wildman–Crippen LogP) is 5.23. The third-order valence-electron chi connectivity index (χ3n) is 4.00. The number of unbranched alkanes of at least 4 members (excludes halogenated alkanes) is 6. The maximum atomic E-state index is 6.37. The summed E-state index contributed by atoms with van der Waals surface area (Å²) in [6, 6.07) is 10.5. The van der Waals surface area contributed by atoms with Gasteiger partial charge in [0.15, 0.2) is 0 Å². The van der Waals surface area contributed by atoms with Crippen LogP contribution in [0, 0.1) is 0 Å². The predicted molar refractivity (Wildman–Crippen MR) is 91.4 cm³/mol. The van der Waals surface area contributed by atoms with Gasteiger partial charge in [-0.15, -0.1) is 0 Å². The van der Waals surface area contributed by atoms with Crippen molar-refractivity contribution >= 4 is 0 Å². The molecule has 2 N–H and O–H groups in total. The standard InChI is InChI=1S/C19H33NO/c1-3-5-6-7-8-9-13-16-18(20)19(21-4-2)17-14-11-10-12-15-17/h10-12,14-15,18-19H,3-9,13,16,20H2,1-2H3. The molecule has 0 spiro atoms. The van der Waals surface area contributed by atoms with Crippen LogP contribution in [0.25, 0.3) is 0 Å². The Morgan fingerprint density at radius 3 is 2.14 bits per heavy atom. The van der Waals surface area contributed by atoms with Crippen molar-refractivity contribution in [1.82, 2.24) is 0 Å². The Hall–Kier alpha value is -0.860. The molecule has 1 aromatic carbocycles. The first kappa shape index (κ1) is 18.2. The van der Waals surface area contributed by atoms with E-state index in [4.69, 9.17) is 10.5 Å². The largest absolute Gasteiger partial charge is 0.372 e. The second-order valence-corrected chi connectivity index (χ2v) is 5.86. The van der Waals surface area contributed by atoms with Crippen LogP contribution in [0.3, 0.4) is 0 Å². The van der Waals surface area contributed by atoms with Gasteiger partial charge in [-0.3, -0.25) is 0 Å². The fraction of sp³-hybridized carbons (Fsp3) is 0.684. The van der Waals surface area contributed by atoms with Gasteiger partial charge in [-0.1, -0.05) is 82.2 Å². The lowest BCUT2D eigenvalue weighted by molar-refractivity contribution is 0.0406. The minimum Gasteiger partial charge on any atom is -0.372 e. The van der Waals surface area contributed by atoms with Crippen LogP contribution in [0.2, 0.25) is 0 Å². The van der Waals surface area contributed by atoms with Crippen LogP contribution in [0.5, 0.6) is 0 Å². The van der Waals surface area contributed by atoms with Gasteiger partial charge in [0.05, 0.1) is 6.10 Å². The topological polar surface area (TPSA) is 35.2 Å². The monoisotopic (exact) mass is 291 g/mol. The van der Waals surface area contributed by atoms with Crippen LogP contribution in [0.15, 0.2) is 30.3 Å². The highest BCUT2D eigenvalue weighted by Crippen LogP contribution is 2.23. The first-order chi connectivity index (χ1) is 10.3. The molecule has 2 unspecified atom stereocenters. The van der Waals surface area contributed by atoms with Gasteiger partial charge in [0.2, 0.25) is 0 Å². The molecule has 2 nitrogen and oxygen atoms in total. The van der Waals surface area contributed by atoms with E-state index in [9.17, 15) is 0 Å². The Kier molecular flexibility index (Phi) is 10.2. The molecular weight excluding hydrogens is 258 g/mol. The number of ether oxygens (including phenoxy) is 1. The van der Waals surface area contributed by atoms with Crippen molar-refractivity contribution in [3.63, 3.8) is 0 Å². The zero-order valence-electron chi connectivity index (χ0n) is 13.9. The summed E-state index contributed by atoms with van der Waals surface area (Å²) in [5.41, 5.74) is 7.58. The number of hydrogen-bond acceptors (Lipinski definition) is 2. The normalized spacial score (nSPS) is 14.0. The average Bonchev–Trinajstić information content (AvgIpc) is 2.52. The molecule has 0 radical (unpaired) electrons. The summed E-state index contributed by atoms with van der Waals surface area (Å²) in [5, 5.41) is 0. The van der Waals surface area contributed by atoms with E-state index >= 15 is 0 Å². The molecule has 120 valence electrons. The molecule has 0 heterocycles. The number of rotatable bonds is 12. The second kappa shape index (κ2) is 11.8. The Morgan fingerprint density at radius 1 is 0.905 bits per heavy atom. The van der Waals surface area contributed by atoms with Gasteiger partial charge in [0, 0.05) is 12.6 Å². The lowest BCUT2D eigenvalue weighted by atomic mass is 9.97. The van der Waals surface area contributed by atoms with E-state index in [0.29, 0.717) is 6.61 Å². The molecule has 0 bridgehead atoms. The fourth-order valence-corrected chi connectivity index (χ4v) is 2.78. The molecule has 0 aliphatic carbocycles. The second-order valence-electron chi connectivity index (χ2n) is 5.86. The Morgan fingerprint density at radius 2 is 1.52 bits per heavy atom. The lowest BCUT2D eigenvalue weighted by Crippen LogP contribution is -2.30. The third-order valence-corrected chi connectivity index (χ3v) is 4.00. The van der Waals surface area contributed by atoms with E-state index in [0.717, 1.165) is 6.42 Å². The molecule has 2 atom stereocenters. The quantitative estimate of drug-likeness (QED) is 0.535. The van der Waals surface area contributed by atoms with Crippen molar-refractivity contribution in [2.24, 2.45) is 5.73 Å². The summed E-state index contributed by atoms with van der Waals surface area (Å²) < 4.78 is 5.87. The minimum atomic E-state index is 0.0382. The molecule has 0 aromatic heterocycles. The Labute approximate surface area is 131 Å². The van der Waals surface area contributed by atoms with E-state index < -0.39 is 0 Å². The summed E-state index contributed by atoms with van der Waals surface area (Å²) in [7, 11) is 0. The number of nitrogens with two attached hydrogens (primary N) is 1. The molecular formula is C19H33NO. The van der Waals surface area contributed by atoms with Gasteiger partial charge in [-0.25, -0.2) is 0 Å². The molecule has 1 rings (SSSR count). The van der Waals surface area contributed by atoms with Crippen molar-refractivity contribution < 1.29 is 4.74 Å². The summed E-state index contributed by atoms with van der Waals surface area (Å²) >= 11 is 0. The zero-order chi connectivity index (χ0) is 15.3. The molecule has 0 aliphatic heterocycles. The zero-order valence-corrected chi connectivity index (χ0v) is 13.9. The highest BCUT2D eigenvalue weighted by atomic mass is 16.5. The maximum absolute atomic E-state index is 6.37. The van der Waals surface area contributed by atoms with E-state index in [-0.39, 0.29) is 12.1 Å². The van der Waals surface area contributed by atoms with Gasteiger partial charge >= 0.3 is 0 Å².